The fourth-order valence-electron chi connectivity index (χ4n) is 2.77. The van der Waals surface area contributed by atoms with Crippen LogP contribution in [0.3, 0.4) is 0 Å². The Morgan fingerprint density at radius 3 is 2.85 bits per heavy atom. The summed E-state index contributed by atoms with van der Waals surface area (Å²) < 4.78 is 5.60. The molecule has 1 N–H and O–H groups in total. The molecule has 0 saturated carbocycles. The van der Waals surface area contributed by atoms with E-state index < -0.39 is 10.9 Å². The molecule has 1 aromatic carbocycles. The molecule has 1 aromatic rings. The van der Waals surface area contributed by atoms with E-state index in [4.69, 9.17) is 21.4 Å². The summed E-state index contributed by atoms with van der Waals surface area (Å²) in [6, 6.07) is 4.03. The standard InChI is InChI=1S/C16H20ClN3O6/c1-18(10-16(22)23)8-13-9-19(4-5-26-13)15(21)6-11-2-3-12(20(24)25)7-14(11)17/h2-3,7,13H,4-6,8-10H2,1H3,(H,22,23). The number of rotatable bonds is 7. The van der Waals surface area contributed by atoms with Crippen LogP contribution in [-0.4, -0.2) is 77.6 Å². The van der Waals surface area contributed by atoms with Crippen LogP contribution in [0.5, 0.6) is 0 Å². The van der Waals surface area contributed by atoms with E-state index >= 15 is 0 Å². The largest absolute Gasteiger partial charge is 0.480 e. The van der Waals surface area contributed by atoms with Crippen LogP contribution in [0.1, 0.15) is 5.56 Å². The van der Waals surface area contributed by atoms with Crippen molar-refractivity contribution in [3.8, 4) is 0 Å². The number of carboxylic acid groups (broad SMARTS) is 1. The molecule has 1 heterocycles. The van der Waals surface area contributed by atoms with Gasteiger partial charge < -0.3 is 14.7 Å². The van der Waals surface area contributed by atoms with Gasteiger partial charge in [-0.1, -0.05) is 17.7 Å². The lowest BCUT2D eigenvalue weighted by molar-refractivity contribution is -0.384. The Hall–Kier alpha value is -2.23. The van der Waals surface area contributed by atoms with Gasteiger partial charge in [0.1, 0.15) is 0 Å². The molecule has 1 unspecified atom stereocenters. The van der Waals surface area contributed by atoms with Crippen molar-refractivity contribution in [1.82, 2.24) is 9.80 Å². The van der Waals surface area contributed by atoms with Crippen molar-refractivity contribution in [3.63, 3.8) is 0 Å². The number of nitro groups is 1. The van der Waals surface area contributed by atoms with E-state index in [-0.39, 0.29) is 35.7 Å². The molecule has 0 spiro atoms. The van der Waals surface area contributed by atoms with Crippen molar-refractivity contribution in [2.45, 2.75) is 12.5 Å². The molecular formula is C16H20ClN3O6. The van der Waals surface area contributed by atoms with Crippen LogP contribution in [0.4, 0.5) is 5.69 Å². The molecule has 142 valence electrons. The second kappa shape index (κ2) is 8.93. The van der Waals surface area contributed by atoms with Crippen LogP contribution in [0, 0.1) is 10.1 Å². The van der Waals surface area contributed by atoms with Gasteiger partial charge in [-0.05, 0) is 12.6 Å². The first-order chi connectivity index (χ1) is 12.3. The van der Waals surface area contributed by atoms with Gasteiger partial charge in [-0.25, -0.2) is 0 Å². The van der Waals surface area contributed by atoms with Crippen molar-refractivity contribution < 1.29 is 24.4 Å². The van der Waals surface area contributed by atoms with E-state index in [0.29, 0.717) is 31.8 Å². The number of benzene rings is 1. The third-order valence-electron chi connectivity index (χ3n) is 4.00. The lowest BCUT2D eigenvalue weighted by Crippen LogP contribution is -2.50. The van der Waals surface area contributed by atoms with Crippen LogP contribution in [0.25, 0.3) is 0 Å². The van der Waals surface area contributed by atoms with Crippen molar-refractivity contribution in [3.05, 3.63) is 38.9 Å². The van der Waals surface area contributed by atoms with Gasteiger partial charge in [-0.15, -0.1) is 0 Å². The minimum absolute atomic E-state index is 0.0362. The first-order valence-electron chi connectivity index (χ1n) is 7.98. The average Bonchev–Trinajstić information content (AvgIpc) is 2.55. The molecule has 26 heavy (non-hydrogen) atoms. The topological polar surface area (TPSA) is 113 Å². The van der Waals surface area contributed by atoms with E-state index in [9.17, 15) is 19.7 Å². The number of morpholine rings is 1. The fourth-order valence-corrected chi connectivity index (χ4v) is 3.01. The molecule has 9 nitrogen and oxygen atoms in total. The number of hydrogen-bond acceptors (Lipinski definition) is 6. The number of hydrogen-bond donors (Lipinski definition) is 1. The summed E-state index contributed by atoms with van der Waals surface area (Å²) in [6.07, 6.45) is -0.237. The number of nitrogens with zero attached hydrogens (tertiary/aromatic N) is 3. The van der Waals surface area contributed by atoms with Gasteiger partial charge in [-0.3, -0.25) is 24.6 Å². The van der Waals surface area contributed by atoms with Gasteiger partial charge in [-0.2, -0.15) is 0 Å². The summed E-state index contributed by atoms with van der Waals surface area (Å²) in [5.74, 6) is -1.08. The predicted octanol–water partition coefficient (Wildman–Crippen LogP) is 1.03. The fraction of sp³-hybridized carbons (Fsp3) is 0.500. The molecule has 1 atom stereocenters. The molecule has 1 aliphatic rings. The smallest absolute Gasteiger partial charge is 0.317 e. The highest BCUT2D eigenvalue weighted by Crippen LogP contribution is 2.23. The third kappa shape index (κ3) is 5.65. The monoisotopic (exact) mass is 385 g/mol. The first kappa shape index (κ1) is 20.1. The number of halogens is 1. The zero-order valence-corrected chi connectivity index (χ0v) is 15.0. The third-order valence-corrected chi connectivity index (χ3v) is 4.35. The maximum atomic E-state index is 12.5. The van der Waals surface area contributed by atoms with Crippen LogP contribution in [0.15, 0.2) is 18.2 Å². The number of ether oxygens (including phenoxy) is 1. The van der Waals surface area contributed by atoms with E-state index in [2.05, 4.69) is 0 Å². The summed E-state index contributed by atoms with van der Waals surface area (Å²) in [4.78, 5) is 36.7. The number of amides is 1. The molecule has 0 aromatic heterocycles. The molecule has 1 fully saturated rings. The van der Waals surface area contributed by atoms with Gasteiger partial charge in [0.05, 0.1) is 35.6 Å². The molecule has 2 rings (SSSR count). The summed E-state index contributed by atoms with van der Waals surface area (Å²) >= 11 is 6.04. The van der Waals surface area contributed by atoms with Gasteiger partial charge >= 0.3 is 5.97 Å². The molecular weight excluding hydrogens is 366 g/mol. The lowest BCUT2D eigenvalue weighted by atomic mass is 10.1. The van der Waals surface area contributed by atoms with Crippen LogP contribution >= 0.6 is 11.6 Å². The highest BCUT2D eigenvalue weighted by molar-refractivity contribution is 6.31. The predicted molar refractivity (Wildman–Crippen MR) is 93.3 cm³/mol. The highest BCUT2D eigenvalue weighted by Gasteiger charge is 2.26. The van der Waals surface area contributed by atoms with E-state index in [1.807, 2.05) is 0 Å². The summed E-state index contributed by atoms with van der Waals surface area (Å²) in [7, 11) is 1.68. The Kier molecular flexibility index (Phi) is 6.90. The van der Waals surface area contributed by atoms with Crippen LogP contribution in [0.2, 0.25) is 5.02 Å². The number of carbonyl (C=O) groups excluding carboxylic acids is 1. The molecule has 0 radical (unpaired) electrons. The SMILES string of the molecule is CN(CC(=O)O)CC1CN(C(=O)Cc2ccc([N+](=O)[O-])cc2Cl)CCO1. The van der Waals surface area contributed by atoms with Crippen molar-refractivity contribution in [2.75, 3.05) is 39.8 Å². The zero-order valence-electron chi connectivity index (χ0n) is 14.3. The van der Waals surface area contributed by atoms with Crippen molar-refractivity contribution >= 4 is 29.2 Å². The number of likely N-dealkylation sites (N-methyl/N-ethyl adjacent to an activating group) is 1. The lowest BCUT2D eigenvalue weighted by Gasteiger charge is -2.34. The molecule has 1 saturated heterocycles. The summed E-state index contributed by atoms with van der Waals surface area (Å²) in [5.41, 5.74) is 0.396. The van der Waals surface area contributed by atoms with Gasteiger partial charge in [0.15, 0.2) is 0 Å². The number of carbonyl (C=O) groups is 2. The highest BCUT2D eigenvalue weighted by atomic mass is 35.5. The average molecular weight is 386 g/mol. The van der Waals surface area contributed by atoms with Crippen LogP contribution in [-0.2, 0) is 20.7 Å². The molecule has 10 heteroatoms. The summed E-state index contributed by atoms with van der Waals surface area (Å²) in [5, 5.41) is 19.7. The Morgan fingerprint density at radius 2 is 2.23 bits per heavy atom. The first-order valence-corrected chi connectivity index (χ1v) is 8.36. The molecule has 1 amide bonds. The minimum Gasteiger partial charge on any atom is -0.480 e. The number of carboxylic acids is 1. The van der Waals surface area contributed by atoms with Gasteiger partial charge in [0, 0.05) is 31.8 Å². The van der Waals surface area contributed by atoms with Gasteiger partial charge in [0.2, 0.25) is 5.91 Å². The Morgan fingerprint density at radius 1 is 1.50 bits per heavy atom. The van der Waals surface area contributed by atoms with Crippen LogP contribution < -0.4 is 0 Å². The molecule has 0 bridgehead atoms. The quantitative estimate of drug-likeness (QED) is 0.551. The van der Waals surface area contributed by atoms with Crippen molar-refractivity contribution in [2.24, 2.45) is 0 Å². The Bertz CT molecular complexity index is 699. The Labute approximate surface area is 155 Å². The van der Waals surface area contributed by atoms with E-state index in [0.717, 1.165) is 0 Å². The summed E-state index contributed by atoms with van der Waals surface area (Å²) in [6.45, 7) is 1.45. The minimum atomic E-state index is -0.927. The number of nitro benzene ring substituents is 1. The second-order valence-corrected chi connectivity index (χ2v) is 6.54. The second-order valence-electron chi connectivity index (χ2n) is 6.13. The normalized spacial score (nSPS) is 17.3. The molecule has 0 aliphatic carbocycles. The zero-order chi connectivity index (χ0) is 19.3. The van der Waals surface area contributed by atoms with E-state index in [1.165, 1.54) is 18.2 Å². The van der Waals surface area contributed by atoms with E-state index in [1.54, 1.807) is 16.8 Å². The Balaban J connectivity index is 1.94. The van der Waals surface area contributed by atoms with Gasteiger partial charge in [0.25, 0.3) is 5.69 Å². The maximum Gasteiger partial charge on any atom is 0.317 e. The molecule has 1 aliphatic heterocycles. The maximum absolute atomic E-state index is 12.5. The number of aliphatic carboxylic acids is 1. The van der Waals surface area contributed by atoms with Crippen molar-refractivity contribution in [1.29, 1.82) is 0 Å². The number of non-ortho nitro benzene ring substituents is 1.